The van der Waals surface area contributed by atoms with E-state index in [0.29, 0.717) is 27.9 Å². The molecule has 5 nitrogen and oxygen atoms in total. The van der Waals surface area contributed by atoms with Crippen molar-refractivity contribution in [2.75, 3.05) is 20.7 Å². The Labute approximate surface area is 156 Å². The Balaban J connectivity index is 1.89. The van der Waals surface area contributed by atoms with E-state index in [2.05, 4.69) is 5.32 Å². The maximum atomic E-state index is 11.9. The number of nitrogens with zero attached hydrogens (tertiary/aromatic N) is 1. The molecule has 0 saturated heterocycles. The first-order chi connectivity index (χ1) is 11.9. The average molecular weight is 381 g/mol. The Bertz CT molecular complexity index is 779. The van der Waals surface area contributed by atoms with Crippen molar-refractivity contribution in [2.45, 2.75) is 6.54 Å². The van der Waals surface area contributed by atoms with Crippen molar-refractivity contribution in [1.82, 2.24) is 10.2 Å². The molecule has 0 atom stereocenters. The average Bonchev–Trinajstić information content (AvgIpc) is 2.60. The van der Waals surface area contributed by atoms with Crippen molar-refractivity contribution >= 4 is 35.0 Å². The highest BCUT2D eigenvalue weighted by Gasteiger charge is 2.10. The van der Waals surface area contributed by atoms with E-state index in [1.807, 2.05) is 6.07 Å². The SMILES string of the molecule is CN(C)C(=O)c1cccc(CNC(=O)COc2cc(Cl)ccc2Cl)c1. The third kappa shape index (κ3) is 5.66. The molecule has 0 heterocycles. The van der Waals surface area contributed by atoms with E-state index in [-0.39, 0.29) is 18.4 Å². The van der Waals surface area contributed by atoms with Crippen LogP contribution in [0.3, 0.4) is 0 Å². The van der Waals surface area contributed by atoms with Gasteiger partial charge in [0.15, 0.2) is 6.61 Å². The highest BCUT2D eigenvalue weighted by atomic mass is 35.5. The largest absolute Gasteiger partial charge is 0.482 e. The minimum Gasteiger partial charge on any atom is -0.482 e. The van der Waals surface area contributed by atoms with Crippen LogP contribution in [-0.2, 0) is 11.3 Å². The predicted molar refractivity (Wildman–Crippen MR) is 98.3 cm³/mol. The summed E-state index contributed by atoms with van der Waals surface area (Å²) in [6, 6.07) is 11.9. The second kappa shape index (κ2) is 8.74. The van der Waals surface area contributed by atoms with Crippen molar-refractivity contribution in [3.8, 4) is 5.75 Å². The molecule has 25 heavy (non-hydrogen) atoms. The molecule has 0 aliphatic rings. The van der Waals surface area contributed by atoms with Gasteiger partial charge in [-0.3, -0.25) is 9.59 Å². The zero-order valence-corrected chi connectivity index (χ0v) is 15.4. The Morgan fingerprint density at radius 1 is 1.12 bits per heavy atom. The highest BCUT2D eigenvalue weighted by molar-refractivity contribution is 6.34. The van der Waals surface area contributed by atoms with Crippen LogP contribution in [0.25, 0.3) is 0 Å². The van der Waals surface area contributed by atoms with Gasteiger partial charge in [-0.1, -0.05) is 35.3 Å². The number of amides is 2. The summed E-state index contributed by atoms with van der Waals surface area (Å²) in [5.74, 6) is -0.0459. The normalized spacial score (nSPS) is 10.2. The molecule has 0 fully saturated rings. The van der Waals surface area contributed by atoms with E-state index < -0.39 is 0 Å². The van der Waals surface area contributed by atoms with Gasteiger partial charge in [-0.05, 0) is 29.8 Å². The van der Waals surface area contributed by atoms with Crippen LogP contribution >= 0.6 is 23.2 Å². The lowest BCUT2D eigenvalue weighted by atomic mass is 10.1. The Morgan fingerprint density at radius 2 is 1.88 bits per heavy atom. The number of benzene rings is 2. The fourth-order valence-electron chi connectivity index (χ4n) is 2.06. The standard InChI is InChI=1S/C18H18Cl2N2O3/c1-22(2)18(24)13-5-3-4-12(8-13)10-21-17(23)11-25-16-9-14(19)6-7-15(16)20/h3-9H,10-11H2,1-2H3,(H,21,23). The zero-order chi connectivity index (χ0) is 18.4. The van der Waals surface area contributed by atoms with E-state index in [0.717, 1.165) is 5.56 Å². The second-order valence-corrected chi connectivity index (χ2v) is 6.38. The first-order valence-electron chi connectivity index (χ1n) is 7.52. The molecule has 2 rings (SSSR count). The monoisotopic (exact) mass is 380 g/mol. The van der Waals surface area contributed by atoms with Crippen LogP contribution in [0, 0.1) is 0 Å². The van der Waals surface area contributed by atoms with Crippen molar-refractivity contribution < 1.29 is 14.3 Å². The smallest absolute Gasteiger partial charge is 0.258 e. The van der Waals surface area contributed by atoms with Crippen molar-refractivity contribution in [3.63, 3.8) is 0 Å². The fourth-order valence-corrected chi connectivity index (χ4v) is 2.39. The summed E-state index contributed by atoms with van der Waals surface area (Å²) in [4.78, 5) is 25.4. The van der Waals surface area contributed by atoms with E-state index >= 15 is 0 Å². The summed E-state index contributed by atoms with van der Waals surface area (Å²) < 4.78 is 5.37. The van der Waals surface area contributed by atoms with Crippen LogP contribution in [0.15, 0.2) is 42.5 Å². The molecule has 132 valence electrons. The summed E-state index contributed by atoms with van der Waals surface area (Å²) in [7, 11) is 3.38. The molecule has 0 spiro atoms. The van der Waals surface area contributed by atoms with Gasteiger partial charge in [0.25, 0.3) is 11.8 Å². The topological polar surface area (TPSA) is 58.6 Å². The second-order valence-electron chi connectivity index (χ2n) is 5.54. The quantitative estimate of drug-likeness (QED) is 0.835. The van der Waals surface area contributed by atoms with Crippen LogP contribution in [0.1, 0.15) is 15.9 Å². The van der Waals surface area contributed by atoms with Crippen molar-refractivity contribution in [3.05, 3.63) is 63.6 Å². The Hall–Kier alpha value is -2.24. The molecule has 2 aromatic rings. The minimum absolute atomic E-state index is 0.0906. The van der Waals surface area contributed by atoms with Gasteiger partial charge >= 0.3 is 0 Å². The number of rotatable bonds is 6. The van der Waals surface area contributed by atoms with Crippen LogP contribution in [0.2, 0.25) is 10.0 Å². The van der Waals surface area contributed by atoms with Crippen LogP contribution in [-0.4, -0.2) is 37.4 Å². The molecule has 0 saturated carbocycles. The number of ether oxygens (including phenoxy) is 1. The fraction of sp³-hybridized carbons (Fsp3) is 0.222. The van der Waals surface area contributed by atoms with Crippen molar-refractivity contribution in [1.29, 1.82) is 0 Å². The molecule has 0 bridgehead atoms. The van der Waals surface area contributed by atoms with E-state index in [1.54, 1.807) is 50.5 Å². The van der Waals surface area contributed by atoms with Gasteiger partial charge in [-0.2, -0.15) is 0 Å². The molecule has 2 aromatic carbocycles. The van der Waals surface area contributed by atoms with Gasteiger partial charge in [-0.15, -0.1) is 0 Å². The van der Waals surface area contributed by atoms with Gasteiger partial charge in [0.1, 0.15) is 5.75 Å². The maximum Gasteiger partial charge on any atom is 0.258 e. The lowest BCUT2D eigenvalue weighted by molar-refractivity contribution is -0.123. The lowest BCUT2D eigenvalue weighted by Crippen LogP contribution is -2.28. The number of nitrogens with one attached hydrogen (secondary N) is 1. The third-order valence-corrected chi connectivity index (χ3v) is 3.87. The van der Waals surface area contributed by atoms with Gasteiger partial charge in [0.2, 0.25) is 0 Å². The zero-order valence-electron chi connectivity index (χ0n) is 13.9. The van der Waals surface area contributed by atoms with Gasteiger partial charge in [-0.25, -0.2) is 0 Å². The summed E-state index contributed by atoms with van der Waals surface area (Å²) in [5.41, 5.74) is 1.39. The van der Waals surface area contributed by atoms with Gasteiger partial charge < -0.3 is 15.0 Å². The molecule has 7 heteroatoms. The minimum atomic E-state index is -0.305. The molecule has 1 N–H and O–H groups in total. The molecule has 0 aromatic heterocycles. The van der Waals surface area contributed by atoms with E-state index in [9.17, 15) is 9.59 Å². The van der Waals surface area contributed by atoms with E-state index in [1.165, 1.54) is 4.90 Å². The first-order valence-corrected chi connectivity index (χ1v) is 8.27. The van der Waals surface area contributed by atoms with Gasteiger partial charge in [0.05, 0.1) is 5.02 Å². The summed E-state index contributed by atoms with van der Waals surface area (Å²) in [6.45, 7) is 0.108. The molecule has 2 amide bonds. The number of carbonyl (C=O) groups is 2. The molecule has 0 radical (unpaired) electrons. The molecule has 0 unspecified atom stereocenters. The highest BCUT2D eigenvalue weighted by Crippen LogP contribution is 2.27. The maximum absolute atomic E-state index is 11.9. The summed E-state index contributed by atoms with van der Waals surface area (Å²) in [6.07, 6.45) is 0. The summed E-state index contributed by atoms with van der Waals surface area (Å²) in [5, 5.41) is 3.59. The van der Waals surface area contributed by atoms with Crippen LogP contribution in [0.4, 0.5) is 0 Å². The van der Waals surface area contributed by atoms with Gasteiger partial charge in [0, 0.05) is 37.3 Å². The molecular formula is C18H18Cl2N2O3. The molecule has 0 aliphatic carbocycles. The van der Waals surface area contributed by atoms with Crippen LogP contribution in [0.5, 0.6) is 5.75 Å². The predicted octanol–water partition coefficient (Wildman–Crippen LogP) is 3.39. The lowest BCUT2D eigenvalue weighted by Gasteiger charge is -2.12. The number of halogens is 2. The number of hydrogen-bond donors (Lipinski definition) is 1. The Kier molecular flexibility index (Phi) is 6.67. The summed E-state index contributed by atoms with van der Waals surface area (Å²) >= 11 is 11.8. The number of carbonyl (C=O) groups excluding carboxylic acids is 2. The molecule has 0 aliphatic heterocycles. The first kappa shape index (κ1) is 19.1. The Morgan fingerprint density at radius 3 is 2.60 bits per heavy atom. The number of hydrogen-bond acceptors (Lipinski definition) is 3. The molecular weight excluding hydrogens is 363 g/mol. The van der Waals surface area contributed by atoms with Crippen LogP contribution < -0.4 is 10.1 Å². The van der Waals surface area contributed by atoms with Crippen molar-refractivity contribution in [2.24, 2.45) is 0 Å². The van der Waals surface area contributed by atoms with E-state index in [4.69, 9.17) is 27.9 Å². The third-order valence-electron chi connectivity index (χ3n) is 3.32.